The molecule has 0 atom stereocenters. The molecule has 0 spiro atoms. The highest BCUT2D eigenvalue weighted by Crippen LogP contribution is 2.08. The fraction of sp³-hybridized carbons (Fsp3) is 0.818. The van der Waals surface area contributed by atoms with Crippen molar-refractivity contribution in [2.45, 2.75) is 26.2 Å². The predicted molar refractivity (Wildman–Crippen MR) is 57.9 cm³/mol. The molecule has 0 aliphatic heterocycles. The standard InChI is InChI=1S/C11H20O5/c1-4-5-7-16-8-6-9(10(12)14-2)11(13)15-3/h9H,4-8H2,1-3H3. The van der Waals surface area contributed by atoms with Crippen LogP contribution in [0.4, 0.5) is 0 Å². The Bertz CT molecular complexity index is 198. The van der Waals surface area contributed by atoms with Gasteiger partial charge in [0.2, 0.25) is 0 Å². The molecule has 0 aromatic heterocycles. The van der Waals surface area contributed by atoms with E-state index in [1.807, 2.05) is 0 Å². The first-order valence-electron chi connectivity index (χ1n) is 5.40. The molecule has 0 aromatic carbocycles. The number of methoxy groups -OCH3 is 2. The second kappa shape index (κ2) is 9.15. The van der Waals surface area contributed by atoms with Crippen molar-refractivity contribution in [2.75, 3.05) is 27.4 Å². The zero-order valence-corrected chi connectivity index (χ0v) is 10.2. The molecule has 0 saturated heterocycles. The quantitative estimate of drug-likeness (QED) is 0.357. The molecule has 94 valence electrons. The van der Waals surface area contributed by atoms with Crippen molar-refractivity contribution < 1.29 is 23.8 Å². The molecular weight excluding hydrogens is 212 g/mol. The van der Waals surface area contributed by atoms with Crippen LogP contribution in [-0.4, -0.2) is 39.4 Å². The van der Waals surface area contributed by atoms with E-state index in [1.54, 1.807) is 0 Å². The van der Waals surface area contributed by atoms with Crippen LogP contribution in [0.3, 0.4) is 0 Å². The second-order valence-corrected chi connectivity index (χ2v) is 3.35. The summed E-state index contributed by atoms with van der Waals surface area (Å²) in [6.07, 6.45) is 2.32. The molecule has 0 unspecified atom stereocenters. The predicted octanol–water partition coefficient (Wildman–Crippen LogP) is 1.16. The Morgan fingerprint density at radius 3 is 2.06 bits per heavy atom. The van der Waals surface area contributed by atoms with Crippen LogP contribution in [-0.2, 0) is 23.8 Å². The van der Waals surface area contributed by atoms with Gasteiger partial charge in [-0.05, 0) is 12.8 Å². The van der Waals surface area contributed by atoms with Gasteiger partial charge in [-0.3, -0.25) is 9.59 Å². The number of hydrogen-bond donors (Lipinski definition) is 0. The average molecular weight is 232 g/mol. The van der Waals surface area contributed by atoms with Crippen LogP contribution in [0.1, 0.15) is 26.2 Å². The lowest BCUT2D eigenvalue weighted by molar-refractivity contribution is -0.159. The summed E-state index contributed by atoms with van der Waals surface area (Å²) >= 11 is 0. The van der Waals surface area contributed by atoms with Crippen LogP contribution >= 0.6 is 0 Å². The number of rotatable bonds is 8. The zero-order chi connectivity index (χ0) is 12.4. The van der Waals surface area contributed by atoms with Crippen LogP contribution < -0.4 is 0 Å². The zero-order valence-electron chi connectivity index (χ0n) is 10.2. The van der Waals surface area contributed by atoms with E-state index in [0.29, 0.717) is 19.6 Å². The van der Waals surface area contributed by atoms with Gasteiger partial charge in [-0.15, -0.1) is 0 Å². The largest absolute Gasteiger partial charge is 0.468 e. The topological polar surface area (TPSA) is 61.8 Å². The molecule has 0 heterocycles. The highest BCUT2D eigenvalue weighted by atomic mass is 16.5. The molecule has 0 N–H and O–H groups in total. The van der Waals surface area contributed by atoms with Crippen molar-refractivity contribution in [1.82, 2.24) is 0 Å². The Balaban J connectivity index is 3.93. The third-order valence-electron chi connectivity index (χ3n) is 2.16. The van der Waals surface area contributed by atoms with Crippen LogP contribution in [0.5, 0.6) is 0 Å². The summed E-state index contributed by atoms with van der Waals surface area (Å²) in [5.74, 6) is -2.03. The Labute approximate surface area is 96.1 Å². The highest BCUT2D eigenvalue weighted by Gasteiger charge is 2.27. The van der Waals surface area contributed by atoms with Crippen molar-refractivity contribution in [3.05, 3.63) is 0 Å². The van der Waals surface area contributed by atoms with Crippen molar-refractivity contribution in [3.8, 4) is 0 Å². The Morgan fingerprint density at radius 1 is 1.06 bits per heavy atom. The van der Waals surface area contributed by atoms with Gasteiger partial charge < -0.3 is 14.2 Å². The van der Waals surface area contributed by atoms with Gasteiger partial charge in [0, 0.05) is 13.2 Å². The van der Waals surface area contributed by atoms with Gasteiger partial charge in [0.1, 0.15) is 0 Å². The molecule has 0 rings (SSSR count). The molecule has 5 heteroatoms. The van der Waals surface area contributed by atoms with E-state index in [2.05, 4.69) is 16.4 Å². The lowest BCUT2D eigenvalue weighted by Crippen LogP contribution is -2.27. The molecule has 0 aromatic rings. The van der Waals surface area contributed by atoms with Crippen LogP contribution in [0.2, 0.25) is 0 Å². The summed E-state index contributed by atoms with van der Waals surface area (Å²) in [6.45, 7) is 3.06. The minimum atomic E-state index is -0.878. The van der Waals surface area contributed by atoms with E-state index < -0.39 is 17.9 Å². The van der Waals surface area contributed by atoms with E-state index in [1.165, 1.54) is 14.2 Å². The molecular formula is C11H20O5. The van der Waals surface area contributed by atoms with Gasteiger partial charge in [0.05, 0.1) is 14.2 Å². The molecule has 16 heavy (non-hydrogen) atoms. The fourth-order valence-corrected chi connectivity index (χ4v) is 1.17. The van der Waals surface area contributed by atoms with E-state index in [0.717, 1.165) is 12.8 Å². The minimum Gasteiger partial charge on any atom is -0.468 e. The van der Waals surface area contributed by atoms with Crippen LogP contribution in [0.25, 0.3) is 0 Å². The summed E-state index contributed by atoms with van der Waals surface area (Å²) in [7, 11) is 2.49. The van der Waals surface area contributed by atoms with Crippen molar-refractivity contribution in [1.29, 1.82) is 0 Å². The number of carbonyl (C=O) groups is 2. The van der Waals surface area contributed by atoms with Gasteiger partial charge in [-0.2, -0.15) is 0 Å². The maximum absolute atomic E-state index is 11.3. The van der Waals surface area contributed by atoms with Crippen LogP contribution in [0, 0.1) is 5.92 Å². The molecule has 0 amide bonds. The Kier molecular flexibility index (Phi) is 8.52. The van der Waals surface area contributed by atoms with Gasteiger partial charge in [0.15, 0.2) is 5.92 Å². The SMILES string of the molecule is CCCCOCCC(C(=O)OC)C(=O)OC. The monoisotopic (exact) mass is 232 g/mol. The van der Waals surface area contributed by atoms with Crippen molar-refractivity contribution >= 4 is 11.9 Å². The van der Waals surface area contributed by atoms with E-state index in [4.69, 9.17) is 4.74 Å². The number of esters is 2. The summed E-state index contributed by atoms with van der Waals surface area (Å²) in [5, 5.41) is 0. The number of unbranched alkanes of at least 4 members (excludes halogenated alkanes) is 1. The summed E-state index contributed by atoms with van der Waals surface area (Å²) in [4.78, 5) is 22.5. The maximum atomic E-state index is 11.3. The lowest BCUT2D eigenvalue weighted by Gasteiger charge is -2.12. The normalized spacial score (nSPS) is 10.2. The van der Waals surface area contributed by atoms with E-state index >= 15 is 0 Å². The van der Waals surface area contributed by atoms with Crippen molar-refractivity contribution in [3.63, 3.8) is 0 Å². The van der Waals surface area contributed by atoms with Crippen LogP contribution in [0.15, 0.2) is 0 Å². The summed E-state index contributed by atoms with van der Waals surface area (Å²) in [5.41, 5.74) is 0. The Morgan fingerprint density at radius 2 is 1.62 bits per heavy atom. The second-order valence-electron chi connectivity index (χ2n) is 3.35. The fourth-order valence-electron chi connectivity index (χ4n) is 1.17. The van der Waals surface area contributed by atoms with Gasteiger partial charge in [-0.25, -0.2) is 0 Å². The third kappa shape index (κ3) is 5.70. The smallest absolute Gasteiger partial charge is 0.320 e. The number of ether oxygens (including phenoxy) is 3. The first kappa shape index (κ1) is 14.9. The van der Waals surface area contributed by atoms with E-state index in [9.17, 15) is 9.59 Å². The molecule has 0 fully saturated rings. The van der Waals surface area contributed by atoms with Gasteiger partial charge in [-0.1, -0.05) is 13.3 Å². The Hall–Kier alpha value is -1.10. The maximum Gasteiger partial charge on any atom is 0.320 e. The number of hydrogen-bond acceptors (Lipinski definition) is 5. The molecule has 0 bridgehead atoms. The third-order valence-corrected chi connectivity index (χ3v) is 2.16. The molecule has 0 aliphatic carbocycles. The first-order chi connectivity index (χ1) is 7.67. The van der Waals surface area contributed by atoms with Gasteiger partial charge >= 0.3 is 11.9 Å². The number of carbonyl (C=O) groups excluding carboxylic acids is 2. The molecule has 0 saturated carbocycles. The molecule has 5 nitrogen and oxygen atoms in total. The summed E-state index contributed by atoms with van der Waals surface area (Å²) in [6, 6.07) is 0. The first-order valence-corrected chi connectivity index (χ1v) is 5.40. The van der Waals surface area contributed by atoms with Gasteiger partial charge in [0.25, 0.3) is 0 Å². The minimum absolute atomic E-state index is 0.295. The highest BCUT2D eigenvalue weighted by molar-refractivity contribution is 5.94. The molecule has 0 aliphatic rings. The van der Waals surface area contributed by atoms with E-state index in [-0.39, 0.29) is 0 Å². The average Bonchev–Trinajstić information content (AvgIpc) is 2.32. The van der Waals surface area contributed by atoms with Crippen molar-refractivity contribution in [2.24, 2.45) is 5.92 Å². The summed E-state index contributed by atoms with van der Waals surface area (Å²) < 4.78 is 14.3. The lowest BCUT2D eigenvalue weighted by atomic mass is 10.1. The molecule has 0 radical (unpaired) electrons.